The summed E-state index contributed by atoms with van der Waals surface area (Å²) in [5.41, 5.74) is 0.493. The molecule has 2 amide bonds. The van der Waals surface area contributed by atoms with Gasteiger partial charge in [0.05, 0.1) is 23.4 Å². The number of ether oxygens (including phenoxy) is 1. The van der Waals surface area contributed by atoms with Gasteiger partial charge >= 0.3 is 6.09 Å². The summed E-state index contributed by atoms with van der Waals surface area (Å²) in [6.45, 7) is 8.52. The SMILES string of the molecule is CC(C)COC(=O)N1CCN(C(C)C(=O)Nc2cc(Cl)ccc2Cl)CC1. The lowest BCUT2D eigenvalue weighted by Crippen LogP contribution is -2.54. The second-order valence-corrected chi connectivity index (χ2v) is 7.63. The van der Waals surface area contributed by atoms with Crippen molar-refractivity contribution in [2.75, 3.05) is 38.1 Å². The smallest absolute Gasteiger partial charge is 0.409 e. The van der Waals surface area contributed by atoms with Crippen molar-refractivity contribution in [3.8, 4) is 0 Å². The van der Waals surface area contributed by atoms with Gasteiger partial charge in [0, 0.05) is 31.2 Å². The van der Waals surface area contributed by atoms with Crippen LogP contribution in [-0.2, 0) is 9.53 Å². The molecule has 26 heavy (non-hydrogen) atoms. The lowest BCUT2D eigenvalue weighted by atomic mass is 10.2. The molecule has 0 saturated carbocycles. The maximum atomic E-state index is 12.5. The molecule has 0 spiro atoms. The predicted molar refractivity (Wildman–Crippen MR) is 104 cm³/mol. The lowest BCUT2D eigenvalue weighted by Gasteiger charge is -2.36. The fourth-order valence-electron chi connectivity index (χ4n) is 2.62. The normalized spacial score (nSPS) is 16.5. The molecule has 1 heterocycles. The quantitative estimate of drug-likeness (QED) is 0.816. The van der Waals surface area contributed by atoms with Gasteiger partial charge < -0.3 is 15.0 Å². The summed E-state index contributed by atoms with van der Waals surface area (Å²) in [4.78, 5) is 28.2. The molecular formula is C18H25Cl2N3O3. The first-order valence-corrected chi connectivity index (χ1v) is 9.45. The van der Waals surface area contributed by atoms with Gasteiger partial charge in [-0.3, -0.25) is 9.69 Å². The minimum absolute atomic E-state index is 0.162. The van der Waals surface area contributed by atoms with Crippen LogP contribution in [-0.4, -0.2) is 60.6 Å². The Hall–Kier alpha value is -1.50. The first kappa shape index (κ1) is 20.8. The number of carbonyl (C=O) groups excluding carboxylic acids is 2. The minimum Gasteiger partial charge on any atom is -0.449 e. The average molecular weight is 402 g/mol. The van der Waals surface area contributed by atoms with Crippen LogP contribution >= 0.6 is 23.2 Å². The largest absolute Gasteiger partial charge is 0.449 e. The molecule has 144 valence electrons. The molecule has 1 atom stereocenters. The summed E-state index contributed by atoms with van der Waals surface area (Å²) < 4.78 is 5.25. The van der Waals surface area contributed by atoms with E-state index in [1.807, 2.05) is 25.7 Å². The van der Waals surface area contributed by atoms with Crippen molar-refractivity contribution < 1.29 is 14.3 Å². The van der Waals surface area contributed by atoms with E-state index < -0.39 is 0 Å². The van der Waals surface area contributed by atoms with Gasteiger partial charge in [-0.1, -0.05) is 37.0 Å². The van der Waals surface area contributed by atoms with Crippen molar-refractivity contribution in [2.45, 2.75) is 26.8 Å². The standard InChI is InChI=1S/C18H25Cl2N3O3/c1-12(2)11-26-18(25)23-8-6-22(7-9-23)13(3)17(24)21-16-10-14(19)4-5-15(16)20/h4-5,10,12-13H,6-9,11H2,1-3H3,(H,21,24). The molecule has 0 bridgehead atoms. The number of rotatable bonds is 5. The molecule has 1 saturated heterocycles. The zero-order valence-electron chi connectivity index (χ0n) is 15.3. The van der Waals surface area contributed by atoms with E-state index in [9.17, 15) is 9.59 Å². The van der Waals surface area contributed by atoms with Gasteiger partial charge in [-0.15, -0.1) is 0 Å². The molecule has 1 N–H and O–H groups in total. The highest BCUT2D eigenvalue weighted by molar-refractivity contribution is 6.35. The van der Waals surface area contributed by atoms with Gasteiger partial charge in [0.25, 0.3) is 0 Å². The highest BCUT2D eigenvalue weighted by Crippen LogP contribution is 2.25. The van der Waals surface area contributed by atoms with Gasteiger partial charge in [-0.05, 0) is 31.0 Å². The predicted octanol–water partition coefficient (Wildman–Crippen LogP) is 3.73. The van der Waals surface area contributed by atoms with Crippen LogP contribution in [0.1, 0.15) is 20.8 Å². The Balaban J connectivity index is 1.85. The van der Waals surface area contributed by atoms with E-state index in [2.05, 4.69) is 5.32 Å². The van der Waals surface area contributed by atoms with Crippen LogP contribution in [0.15, 0.2) is 18.2 Å². The Labute approximate surface area is 164 Å². The van der Waals surface area contributed by atoms with Crippen LogP contribution in [0.25, 0.3) is 0 Å². The molecular weight excluding hydrogens is 377 g/mol. The van der Waals surface area contributed by atoms with Gasteiger partial charge in [-0.2, -0.15) is 0 Å². The summed E-state index contributed by atoms with van der Waals surface area (Å²) >= 11 is 12.0. The summed E-state index contributed by atoms with van der Waals surface area (Å²) in [6, 6.07) is 4.59. The molecule has 0 radical (unpaired) electrons. The summed E-state index contributed by atoms with van der Waals surface area (Å²) in [6.07, 6.45) is -0.291. The van der Waals surface area contributed by atoms with Crippen LogP contribution in [0.4, 0.5) is 10.5 Å². The second-order valence-electron chi connectivity index (χ2n) is 6.78. The number of amides is 2. The summed E-state index contributed by atoms with van der Waals surface area (Å²) in [5.74, 6) is 0.146. The first-order valence-electron chi connectivity index (χ1n) is 8.69. The van der Waals surface area contributed by atoms with Gasteiger partial charge in [0.1, 0.15) is 0 Å². The van der Waals surface area contributed by atoms with Crippen molar-refractivity contribution in [3.05, 3.63) is 28.2 Å². The maximum Gasteiger partial charge on any atom is 0.409 e. The van der Waals surface area contributed by atoms with E-state index >= 15 is 0 Å². The topological polar surface area (TPSA) is 61.9 Å². The first-order chi connectivity index (χ1) is 12.3. The van der Waals surface area contributed by atoms with Crippen molar-refractivity contribution in [1.82, 2.24) is 9.80 Å². The molecule has 2 rings (SSSR count). The Morgan fingerprint density at radius 1 is 1.15 bits per heavy atom. The summed E-state index contributed by atoms with van der Waals surface area (Å²) in [7, 11) is 0. The molecule has 1 aromatic carbocycles. The number of carbonyl (C=O) groups is 2. The van der Waals surface area contributed by atoms with Crippen LogP contribution in [0.2, 0.25) is 10.0 Å². The third kappa shape index (κ3) is 5.76. The number of nitrogens with zero attached hydrogens (tertiary/aromatic N) is 2. The Morgan fingerprint density at radius 2 is 1.81 bits per heavy atom. The average Bonchev–Trinajstić information content (AvgIpc) is 2.62. The van der Waals surface area contributed by atoms with E-state index in [4.69, 9.17) is 27.9 Å². The molecule has 8 heteroatoms. The van der Waals surface area contributed by atoms with Crippen LogP contribution in [0.5, 0.6) is 0 Å². The maximum absolute atomic E-state index is 12.5. The molecule has 1 fully saturated rings. The Morgan fingerprint density at radius 3 is 2.42 bits per heavy atom. The lowest BCUT2D eigenvalue weighted by molar-refractivity contribution is -0.121. The van der Waals surface area contributed by atoms with Crippen molar-refractivity contribution in [1.29, 1.82) is 0 Å². The van der Waals surface area contributed by atoms with Crippen molar-refractivity contribution in [3.63, 3.8) is 0 Å². The molecule has 1 unspecified atom stereocenters. The van der Waals surface area contributed by atoms with Gasteiger partial charge in [-0.25, -0.2) is 4.79 Å². The third-order valence-electron chi connectivity index (χ3n) is 4.23. The van der Waals surface area contributed by atoms with Crippen LogP contribution in [0, 0.1) is 5.92 Å². The van der Waals surface area contributed by atoms with E-state index in [0.717, 1.165) is 0 Å². The number of anilines is 1. The van der Waals surface area contributed by atoms with Crippen LogP contribution < -0.4 is 5.32 Å². The number of nitrogens with one attached hydrogen (secondary N) is 1. The monoisotopic (exact) mass is 401 g/mol. The number of hydrogen-bond acceptors (Lipinski definition) is 4. The Kier molecular flexibility index (Phi) is 7.55. The minimum atomic E-state index is -0.348. The fraction of sp³-hybridized carbons (Fsp3) is 0.556. The third-order valence-corrected chi connectivity index (χ3v) is 4.79. The van der Waals surface area contributed by atoms with Gasteiger partial charge in [0.2, 0.25) is 5.91 Å². The number of hydrogen-bond donors (Lipinski definition) is 1. The van der Waals surface area contributed by atoms with Gasteiger partial charge in [0.15, 0.2) is 0 Å². The molecule has 1 aromatic rings. The molecule has 1 aliphatic heterocycles. The van der Waals surface area contributed by atoms with Crippen LogP contribution in [0.3, 0.4) is 0 Å². The van der Waals surface area contributed by atoms with Crippen molar-refractivity contribution in [2.24, 2.45) is 5.92 Å². The molecule has 6 nitrogen and oxygen atoms in total. The number of halogens is 2. The zero-order chi connectivity index (χ0) is 19.3. The fourth-order valence-corrected chi connectivity index (χ4v) is 2.95. The second kappa shape index (κ2) is 9.44. The zero-order valence-corrected chi connectivity index (χ0v) is 16.8. The van der Waals surface area contributed by atoms with E-state index in [-0.39, 0.29) is 18.0 Å². The molecule has 0 aromatic heterocycles. The highest BCUT2D eigenvalue weighted by Gasteiger charge is 2.28. The summed E-state index contributed by atoms with van der Waals surface area (Å²) in [5, 5.41) is 3.76. The van der Waals surface area contributed by atoms with E-state index in [0.29, 0.717) is 54.4 Å². The number of piperazine rings is 1. The molecule has 0 aliphatic carbocycles. The highest BCUT2D eigenvalue weighted by atomic mass is 35.5. The number of benzene rings is 1. The Bertz CT molecular complexity index is 647. The van der Waals surface area contributed by atoms with Crippen molar-refractivity contribution >= 4 is 40.9 Å². The van der Waals surface area contributed by atoms with E-state index in [1.165, 1.54) is 0 Å². The molecule has 1 aliphatic rings. The van der Waals surface area contributed by atoms with E-state index in [1.54, 1.807) is 23.1 Å².